The monoisotopic (exact) mass is 458 g/mol. The van der Waals surface area contributed by atoms with Gasteiger partial charge in [-0.25, -0.2) is 9.97 Å². The number of rotatable bonds is 4. The molecule has 0 spiro atoms. The van der Waals surface area contributed by atoms with Crippen molar-refractivity contribution in [2.75, 3.05) is 43.1 Å². The summed E-state index contributed by atoms with van der Waals surface area (Å²) >= 11 is 6.36. The van der Waals surface area contributed by atoms with E-state index in [0.717, 1.165) is 60.0 Å². The average Bonchev–Trinajstić information content (AvgIpc) is 3.28. The highest BCUT2D eigenvalue weighted by Gasteiger charge is 2.19. The molecule has 1 saturated heterocycles. The molecule has 1 aromatic carbocycles. The minimum Gasteiger partial charge on any atom is -0.495 e. The molecule has 5 rings (SSSR count). The number of benzene rings is 1. The molecule has 0 radical (unpaired) electrons. The number of nitrogens with zero attached hydrogens (tertiary/aromatic N) is 6. The number of fused-ring (bicyclic) bond motifs is 1. The van der Waals surface area contributed by atoms with Crippen LogP contribution in [0.3, 0.4) is 0 Å². The SMILES string of the molecule is COc1cc(C)c(-c2cn3ccc(N4CCN(c5ccnc(C#N)c5)CC4)cc3n2)cc1Cl. The van der Waals surface area contributed by atoms with E-state index in [4.69, 9.17) is 26.6 Å². The van der Waals surface area contributed by atoms with Crippen LogP contribution in [0.2, 0.25) is 5.02 Å². The maximum atomic E-state index is 9.11. The molecule has 0 saturated carbocycles. The van der Waals surface area contributed by atoms with Crippen molar-refractivity contribution in [1.82, 2.24) is 14.4 Å². The summed E-state index contributed by atoms with van der Waals surface area (Å²) in [5, 5.41) is 9.68. The second-order valence-electron chi connectivity index (χ2n) is 8.06. The van der Waals surface area contributed by atoms with Gasteiger partial charge < -0.3 is 18.9 Å². The van der Waals surface area contributed by atoms with Crippen LogP contribution in [0.1, 0.15) is 11.3 Å². The van der Waals surface area contributed by atoms with Gasteiger partial charge in [-0.05, 0) is 42.8 Å². The minimum absolute atomic E-state index is 0.448. The molecule has 0 atom stereocenters. The smallest absolute Gasteiger partial charge is 0.142 e. The number of halogens is 1. The number of ether oxygens (including phenoxy) is 1. The van der Waals surface area contributed by atoms with Crippen LogP contribution in [0.5, 0.6) is 5.75 Å². The molecule has 1 aliphatic heterocycles. The van der Waals surface area contributed by atoms with E-state index in [1.807, 2.05) is 41.8 Å². The van der Waals surface area contributed by atoms with Crippen LogP contribution in [0.25, 0.3) is 16.9 Å². The topological polar surface area (TPSA) is 69.7 Å². The summed E-state index contributed by atoms with van der Waals surface area (Å²) in [5.74, 6) is 0.665. The Morgan fingerprint density at radius 3 is 2.45 bits per heavy atom. The first-order valence-electron chi connectivity index (χ1n) is 10.7. The summed E-state index contributed by atoms with van der Waals surface area (Å²) < 4.78 is 7.36. The molecule has 166 valence electrons. The number of piperazine rings is 1. The maximum Gasteiger partial charge on any atom is 0.142 e. The van der Waals surface area contributed by atoms with Gasteiger partial charge in [0, 0.05) is 67.8 Å². The van der Waals surface area contributed by atoms with Gasteiger partial charge in [-0.2, -0.15) is 5.26 Å². The lowest BCUT2D eigenvalue weighted by Gasteiger charge is -2.37. The summed E-state index contributed by atoms with van der Waals surface area (Å²) in [7, 11) is 1.62. The fraction of sp³-hybridized carbons (Fsp3) is 0.240. The highest BCUT2D eigenvalue weighted by Crippen LogP contribution is 2.33. The third-order valence-electron chi connectivity index (χ3n) is 6.09. The van der Waals surface area contributed by atoms with Crippen molar-refractivity contribution in [2.24, 2.45) is 0 Å². The second kappa shape index (κ2) is 8.64. The Balaban J connectivity index is 1.36. The van der Waals surface area contributed by atoms with Gasteiger partial charge in [0.15, 0.2) is 0 Å². The van der Waals surface area contributed by atoms with Gasteiger partial charge >= 0.3 is 0 Å². The molecule has 8 heteroatoms. The van der Waals surface area contributed by atoms with E-state index >= 15 is 0 Å². The normalized spacial score (nSPS) is 13.9. The molecule has 4 heterocycles. The highest BCUT2D eigenvalue weighted by atomic mass is 35.5. The third kappa shape index (κ3) is 4.06. The van der Waals surface area contributed by atoms with Crippen molar-refractivity contribution in [2.45, 2.75) is 6.92 Å². The zero-order valence-corrected chi connectivity index (χ0v) is 19.3. The summed E-state index contributed by atoms with van der Waals surface area (Å²) in [5.41, 5.74) is 6.47. The average molecular weight is 459 g/mol. The zero-order chi connectivity index (χ0) is 22.9. The van der Waals surface area contributed by atoms with E-state index in [1.165, 1.54) is 0 Å². The van der Waals surface area contributed by atoms with Crippen LogP contribution >= 0.6 is 11.6 Å². The van der Waals surface area contributed by atoms with E-state index in [9.17, 15) is 0 Å². The molecule has 1 fully saturated rings. The van der Waals surface area contributed by atoms with E-state index in [0.29, 0.717) is 16.5 Å². The van der Waals surface area contributed by atoms with Crippen LogP contribution < -0.4 is 14.5 Å². The van der Waals surface area contributed by atoms with E-state index < -0.39 is 0 Å². The Kier molecular flexibility index (Phi) is 5.53. The van der Waals surface area contributed by atoms with E-state index in [-0.39, 0.29) is 0 Å². The molecule has 0 N–H and O–H groups in total. The van der Waals surface area contributed by atoms with E-state index in [2.05, 4.69) is 39.2 Å². The highest BCUT2D eigenvalue weighted by molar-refractivity contribution is 6.32. The quantitative estimate of drug-likeness (QED) is 0.446. The molecule has 1 aliphatic rings. The predicted octanol–water partition coefficient (Wildman–Crippen LogP) is 4.57. The number of imidazole rings is 1. The van der Waals surface area contributed by atoms with Gasteiger partial charge in [-0.15, -0.1) is 0 Å². The number of anilines is 2. The largest absolute Gasteiger partial charge is 0.495 e. The lowest BCUT2D eigenvalue weighted by atomic mass is 10.1. The van der Waals surface area contributed by atoms with Gasteiger partial charge in [0.2, 0.25) is 0 Å². The number of methoxy groups -OCH3 is 1. The minimum atomic E-state index is 0.448. The summed E-state index contributed by atoms with van der Waals surface area (Å²) in [6.07, 6.45) is 5.77. The Labute approximate surface area is 197 Å². The number of hydrogen-bond acceptors (Lipinski definition) is 6. The maximum absolute atomic E-state index is 9.11. The lowest BCUT2D eigenvalue weighted by Crippen LogP contribution is -2.46. The van der Waals surface area contributed by atoms with E-state index in [1.54, 1.807) is 13.3 Å². The van der Waals surface area contributed by atoms with Crippen LogP contribution in [-0.4, -0.2) is 47.7 Å². The molecule has 3 aromatic heterocycles. The summed E-state index contributed by atoms with van der Waals surface area (Å²) in [6.45, 7) is 5.57. The molecular weight excluding hydrogens is 436 g/mol. The van der Waals surface area contributed by atoms with Crippen LogP contribution in [-0.2, 0) is 0 Å². The van der Waals surface area contributed by atoms with Crippen molar-refractivity contribution >= 4 is 28.6 Å². The molecular formula is C25H23ClN6O. The number of nitriles is 1. The van der Waals surface area contributed by atoms with Gasteiger partial charge in [0.05, 0.1) is 17.8 Å². The van der Waals surface area contributed by atoms with Crippen molar-refractivity contribution in [1.29, 1.82) is 5.26 Å². The number of hydrogen-bond donors (Lipinski definition) is 0. The number of pyridine rings is 2. The fourth-order valence-corrected chi connectivity index (χ4v) is 4.53. The lowest BCUT2D eigenvalue weighted by molar-refractivity contribution is 0.415. The van der Waals surface area contributed by atoms with Crippen molar-refractivity contribution in [3.63, 3.8) is 0 Å². The Morgan fingerprint density at radius 1 is 1.03 bits per heavy atom. The van der Waals surface area contributed by atoms with Crippen LogP contribution in [0, 0.1) is 18.3 Å². The first kappa shape index (κ1) is 21.1. The number of aromatic nitrogens is 3. The zero-order valence-electron chi connectivity index (χ0n) is 18.5. The molecule has 33 heavy (non-hydrogen) atoms. The van der Waals surface area contributed by atoms with Gasteiger partial charge in [0.1, 0.15) is 23.2 Å². The van der Waals surface area contributed by atoms with Gasteiger partial charge in [-0.1, -0.05) is 11.6 Å². The summed E-state index contributed by atoms with van der Waals surface area (Å²) in [4.78, 5) is 13.6. The molecule has 4 aromatic rings. The number of aryl methyl sites for hydroxylation is 1. The second-order valence-corrected chi connectivity index (χ2v) is 8.47. The Morgan fingerprint density at radius 2 is 1.76 bits per heavy atom. The van der Waals surface area contributed by atoms with Crippen LogP contribution in [0.15, 0.2) is 55.0 Å². The standard InChI is InChI=1S/C25H23ClN6O/c1-17-11-24(33-2)22(26)14-21(17)23-16-32-6-4-20(13-25(32)29-23)31-9-7-30(8-10-31)19-3-5-28-18(12-19)15-27/h3-6,11-14,16H,7-10H2,1-2H3. The van der Waals surface area contributed by atoms with Crippen molar-refractivity contribution < 1.29 is 4.74 Å². The first-order chi connectivity index (χ1) is 16.1. The van der Waals surface area contributed by atoms with Gasteiger partial charge in [0.25, 0.3) is 0 Å². The molecule has 7 nitrogen and oxygen atoms in total. The predicted molar refractivity (Wildman–Crippen MR) is 130 cm³/mol. The van der Waals surface area contributed by atoms with Crippen molar-refractivity contribution in [3.8, 4) is 23.1 Å². The van der Waals surface area contributed by atoms with Crippen LogP contribution in [0.4, 0.5) is 11.4 Å². The molecule has 0 amide bonds. The molecule has 0 aliphatic carbocycles. The Bertz CT molecular complexity index is 1370. The van der Waals surface area contributed by atoms with Gasteiger partial charge in [-0.3, -0.25) is 0 Å². The van der Waals surface area contributed by atoms with Crippen molar-refractivity contribution in [3.05, 3.63) is 71.3 Å². The fourth-order valence-electron chi connectivity index (χ4n) is 4.29. The Hall–Kier alpha value is -3.76. The third-order valence-corrected chi connectivity index (χ3v) is 6.38. The summed E-state index contributed by atoms with van der Waals surface area (Å²) in [6, 6.07) is 14.0. The first-order valence-corrected chi connectivity index (χ1v) is 11.1. The molecule has 0 unspecified atom stereocenters. The molecule has 0 bridgehead atoms.